The highest BCUT2D eigenvalue weighted by Gasteiger charge is 2.17. The largest absolute Gasteiger partial charge is 0.445 e. The van der Waals surface area contributed by atoms with Crippen molar-refractivity contribution in [3.05, 3.63) is 35.9 Å². The van der Waals surface area contributed by atoms with Crippen molar-refractivity contribution < 1.29 is 14.3 Å². The van der Waals surface area contributed by atoms with Gasteiger partial charge < -0.3 is 14.4 Å². The summed E-state index contributed by atoms with van der Waals surface area (Å²) in [5.41, 5.74) is 0.987. The quantitative estimate of drug-likeness (QED) is 0.780. The minimum Gasteiger partial charge on any atom is -0.445 e. The van der Waals surface area contributed by atoms with Crippen LogP contribution in [0.15, 0.2) is 30.3 Å². The van der Waals surface area contributed by atoms with E-state index in [0.29, 0.717) is 19.8 Å². The molecule has 0 saturated carbocycles. The van der Waals surface area contributed by atoms with E-state index in [4.69, 9.17) is 9.47 Å². The fraction of sp³-hybridized carbons (Fsp3) is 0.500. The van der Waals surface area contributed by atoms with Gasteiger partial charge in [-0.1, -0.05) is 30.3 Å². The Hall–Kier alpha value is -1.55. The van der Waals surface area contributed by atoms with Crippen molar-refractivity contribution in [2.45, 2.75) is 26.5 Å². The molecule has 0 aliphatic rings. The molecule has 100 valence electrons. The van der Waals surface area contributed by atoms with Crippen LogP contribution in [0.4, 0.5) is 4.79 Å². The van der Waals surface area contributed by atoms with Crippen LogP contribution in [0.5, 0.6) is 0 Å². The molecule has 0 aliphatic heterocycles. The molecular formula is C14H21NO3. The van der Waals surface area contributed by atoms with Gasteiger partial charge in [0, 0.05) is 19.7 Å². The first-order valence-corrected chi connectivity index (χ1v) is 6.11. The number of rotatable bonds is 6. The average molecular weight is 251 g/mol. The van der Waals surface area contributed by atoms with E-state index in [9.17, 15) is 4.79 Å². The lowest BCUT2D eigenvalue weighted by Crippen LogP contribution is -2.39. The monoisotopic (exact) mass is 251 g/mol. The van der Waals surface area contributed by atoms with Crippen molar-refractivity contribution >= 4 is 6.09 Å². The SMILES string of the molecule is COCCN(C(=O)OCc1ccccc1)C(C)C. The first-order valence-electron chi connectivity index (χ1n) is 6.11. The van der Waals surface area contributed by atoms with E-state index >= 15 is 0 Å². The number of nitrogens with zero attached hydrogens (tertiary/aromatic N) is 1. The highest BCUT2D eigenvalue weighted by molar-refractivity contribution is 5.68. The van der Waals surface area contributed by atoms with Gasteiger partial charge in [0.1, 0.15) is 6.61 Å². The number of methoxy groups -OCH3 is 1. The molecule has 0 atom stereocenters. The summed E-state index contributed by atoms with van der Waals surface area (Å²) in [5, 5.41) is 0. The predicted molar refractivity (Wildman–Crippen MR) is 70.3 cm³/mol. The van der Waals surface area contributed by atoms with Crippen LogP contribution in [-0.2, 0) is 16.1 Å². The van der Waals surface area contributed by atoms with Gasteiger partial charge in [-0.15, -0.1) is 0 Å². The van der Waals surface area contributed by atoms with Crippen LogP contribution in [0.25, 0.3) is 0 Å². The van der Waals surface area contributed by atoms with Crippen molar-refractivity contribution in [1.29, 1.82) is 0 Å². The lowest BCUT2D eigenvalue weighted by atomic mass is 10.2. The first-order chi connectivity index (χ1) is 8.65. The summed E-state index contributed by atoms with van der Waals surface area (Å²) in [4.78, 5) is 13.6. The summed E-state index contributed by atoms with van der Waals surface area (Å²) in [6.45, 7) is 5.27. The topological polar surface area (TPSA) is 38.8 Å². The maximum atomic E-state index is 11.9. The van der Waals surface area contributed by atoms with Crippen molar-refractivity contribution in [2.75, 3.05) is 20.3 Å². The van der Waals surface area contributed by atoms with E-state index in [1.807, 2.05) is 44.2 Å². The van der Waals surface area contributed by atoms with Gasteiger partial charge in [0.2, 0.25) is 0 Å². The first kappa shape index (κ1) is 14.5. The third-order valence-corrected chi connectivity index (χ3v) is 2.60. The number of benzene rings is 1. The summed E-state index contributed by atoms with van der Waals surface area (Å²) in [5.74, 6) is 0. The molecule has 0 spiro atoms. The highest BCUT2D eigenvalue weighted by atomic mass is 16.6. The zero-order chi connectivity index (χ0) is 13.4. The Morgan fingerprint density at radius 1 is 1.28 bits per heavy atom. The lowest BCUT2D eigenvalue weighted by Gasteiger charge is -2.25. The molecular weight excluding hydrogens is 230 g/mol. The molecule has 1 aromatic rings. The molecule has 0 unspecified atom stereocenters. The average Bonchev–Trinajstić information content (AvgIpc) is 2.37. The van der Waals surface area contributed by atoms with Gasteiger partial charge in [-0.05, 0) is 19.4 Å². The highest BCUT2D eigenvalue weighted by Crippen LogP contribution is 2.06. The van der Waals surface area contributed by atoms with Gasteiger partial charge in [-0.25, -0.2) is 4.79 Å². The van der Waals surface area contributed by atoms with E-state index in [2.05, 4.69) is 0 Å². The number of carbonyl (C=O) groups is 1. The summed E-state index contributed by atoms with van der Waals surface area (Å²) >= 11 is 0. The van der Waals surface area contributed by atoms with Gasteiger partial charge in [0.15, 0.2) is 0 Å². The predicted octanol–water partition coefficient (Wildman–Crippen LogP) is 2.68. The Morgan fingerprint density at radius 3 is 2.50 bits per heavy atom. The van der Waals surface area contributed by atoms with Gasteiger partial charge in [-0.3, -0.25) is 0 Å². The van der Waals surface area contributed by atoms with E-state index in [0.717, 1.165) is 5.56 Å². The summed E-state index contributed by atoms with van der Waals surface area (Å²) in [7, 11) is 1.62. The summed E-state index contributed by atoms with van der Waals surface area (Å²) in [6.07, 6.45) is -0.300. The summed E-state index contributed by atoms with van der Waals surface area (Å²) in [6, 6.07) is 9.75. The molecule has 0 bridgehead atoms. The minimum absolute atomic E-state index is 0.100. The second-order valence-electron chi connectivity index (χ2n) is 4.32. The van der Waals surface area contributed by atoms with Crippen molar-refractivity contribution in [2.24, 2.45) is 0 Å². The van der Waals surface area contributed by atoms with E-state index < -0.39 is 0 Å². The molecule has 4 heteroatoms. The molecule has 0 fully saturated rings. The molecule has 1 aromatic carbocycles. The van der Waals surface area contributed by atoms with Crippen LogP contribution in [0, 0.1) is 0 Å². The van der Waals surface area contributed by atoms with Gasteiger partial charge in [0.25, 0.3) is 0 Å². The second kappa shape index (κ2) is 7.71. The van der Waals surface area contributed by atoms with Gasteiger partial charge in [0.05, 0.1) is 6.61 Å². The molecule has 0 saturated heterocycles. The molecule has 4 nitrogen and oxygen atoms in total. The molecule has 1 rings (SSSR count). The van der Waals surface area contributed by atoms with Crippen molar-refractivity contribution in [1.82, 2.24) is 4.90 Å². The Kier molecular flexibility index (Phi) is 6.22. The molecule has 0 radical (unpaired) electrons. The van der Waals surface area contributed by atoms with Gasteiger partial charge >= 0.3 is 6.09 Å². The number of hydrogen-bond acceptors (Lipinski definition) is 3. The number of hydrogen-bond donors (Lipinski definition) is 0. The second-order valence-corrected chi connectivity index (χ2v) is 4.32. The molecule has 1 amide bonds. The van der Waals surface area contributed by atoms with Crippen LogP contribution in [-0.4, -0.2) is 37.3 Å². The van der Waals surface area contributed by atoms with Crippen molar-refractivity contribution in [3.63, 3.8) is 0 Å². The fourth-order valence-corrected chi connectivity index (χ4v) is 1.55. The molecule has 18 heavy (non-hydrogen) atoms. The zero-order valence-electron chi connectivity index (χ0n) is 11.3. The Labute approximate surface area is 108 Å². The smallest absolute Gasteiger partial charge is 0.410 e. The third kappa shape index (κ3) is 4.75. The van der Waals surface area contributed by atoms with Gasteiger partial charge in [-0.2, -0.15) is 0 Å². The molecule has 0 aliphatic carbocycles. The van der Waals surface area contributed by atoms with Crippen LogP contribution in [0.3, 0.4) is 0 Å². The lowest BCUT2D eigenvalue weighted by molar-refractivity contribution is 0.0714. The van der Waals surface area contributed by atoms with Crippen LogP contribution >= 0.6 is 0 Å². The van der Waals surface area contributed by atoms with Crippen LogP contribution in [0.2, 0.25) is 0 Å². The molecule has 0 heterocycles. The van der Waals surface area contributed by atoms with Crippen LogP contribution in [0.1, 0.15) is 19.4 Å². The van der Waals surface area contributed by atoms with E-state index in [1.165, 1.54) is 0 Å². The maximum Gasteiger partial charge on any atom is 0.410 e. The molecule has 0 N–H and O–H groups in total. The minimum atomic E-state index is -0.300. The summed E-state index contributed by atoms with van der Waals surface area (Å²) < 4.78 is 10.3. The normalized spacial score (nSPS) is 10.4. The fourth-order valence-electron chi connectivity index (χ4n) is 1.55. The Bertz CT molecular complexity index is 351. The number of carbonyl (C=O) groups excluding carboxylic acids is 1. The van der Waals surface area contributed by atoms with E-state index in [-0.39, 0.29) is 12.1 Å². The van der Waals surface area contributed by atoms with Crippen molar-refractivity contribution in [3.8, 4) is 0 Å². The van der Waals surface area contributed by atoms with Crippen LogP contribution < -0.4 is 0 Å². The zero-order valence-corrected chi connectivity index (χ0v) is 11.3. The maximum absolute atomic E-state index is 11.9. The Morgan fingerprint density at radius 2 is 1.94 bits per heavy atom. The third-order valence-electron chi connectivity index (χ3n) is 2.60. The Balaban J connectivity index is 2.46. The standard InChI is InChI=1S/C14H21NO3/c1-12(2)15(9-10-17-3)14(16)18-11-13-7-5-4-6-8-13/h4-8,12H,9-11H2,1-3H3. The molecule has 0 aromatic heterocycles. The number of amides is 1. The van der Waals surface area contributed by atoms with E-state index in [1.54, 1.807) is 12.0 Å². The number of ether oxygens (including phenoxy) is 2.